The number of carbonyl (C=O) groups is 1. The first-order valence-electron chi connectivity index (χ1n) is 6.20. The minimum atomic E-state index is -4.55. The number of carbonyl (C=O) groups excluding carboxylic acids is 1. The Bertz CT molecular complexity index is 489. The van der Waals surface area contributed by atoms with Crippen molar-refractivity contribution in [2.75, 3.05) is 20.1 Å². The van der Waals surface area contributed by atoms with E-state index in [1.807, 2.05) is 13.8 Å². The van der Waals surface area contributed by atoms with Crippen molar-refractivity contribution >= 4 is 18.3 Å². The molecule has 0 aliphatic heterocycles. The largest absolute Gasteiger partial charge is 0.417 e. The van der Waals surface area contributed by atoms with E-state index < -0.39 is 17.6 Å². The molecule has 0 atom stereocenters. The second kappa shape index (κ2) is 7.13. The Morgan fingerprint density at radius 1 is 1.24 bits per heavy atom. The van der Waals surface area contributed by atoms with Gasteiger partial charge >= 0.3 is 6.18 Å². The molecule has 0 aromatic heterocycles. The van der Waals surface area contributed by atoms with E-state index in [-0.39, 0.29) is 29.9 Å². The SMILES string of the molecule is CN(CC(C)(C)CN)C(=O)c1ccccc1C(F)(F)F.Cl. The quantitative estimate of drug-likeness (QED) is 0.924. The molecule has 0 heterocycles. The van der Waals surface area contributed by atoms with Crippen LogP contribution in [-0.4, -0.2) is 30.9 Å². The van der Waals surface area contributed by atoms with E-state index in [4.69, 9.17) is 5.73 Å². The number of hydrogen-bond donors (Lipinski definition) is 1. The summed E-state index contributed by atoms with van der Waals surface area (Å²) in [5.41, 5.74) is 3.97. The lowest BCUT2D eigenvalue weighted by Gasteiger charge is -2.29. The van der Waals surface area contributed by atoms with E-state index >= 15 is 0 Å². The lowest BCUT2D eigenvalue weighted by atomic mass is 9.93. The van der Waals surface area contributed by atoms with Crippen molar-refractivity contribution in [3.8, 4) is 0 Å². The van der Waals surface area contributed by atoms with Crippen LogP contribution in [-0.2, 0) is 6.18 Å². The predicted octanol–water partition coefficient (Wildman–Crippen LogP) is 3.18. The molecule has 3 nitrogen and oxygen atoms in total. The molecule has 0 unspecified atom stereocenters. The van der Waals surface area contributed by atoms with Gasteiger partial charge in [-0.1, -0.05) is 26.0 Å². The number of amides is 1. The van der Waals surface area contributed by atoms with E-state index in [1.54, 1.807) is 0 Å². The fourth-order valence-electron chi connectivity index (χ4n) is 1.90. The van der Waals surface area contributed by atoms with Gasteiger partial charge in [0, 0.05) is 13.6 Å². The molecule has 1 rings (SSSR count). The molecule has 1 amide bonds. The zero-order valence-corrected chi connectivity index (χ0v) is 13.0. The van der Waals surface area contributed by atoms with Crippen molar-refractivity contribution in [2.45, 2.75) is 20.0 Å². The van der Waals surface area contributed by atoms with Crippen molar-refractivity contribution in [3.63, 3.8) is 0 Å². The van der Waals surface area contributed by atoms with Gasteiger partial charge in [-0.25, -0.2) is 0 Å². The minimum absolute atomic E-state index is 0. The summed E-state index contributed by atoms with van der Waals surface area (Å²) in [6.07, 6.45) is -4.55. The second-order valence-corrected chi connectivity index (χ2v) is 5.57. The first-order chi connectivity index (χ1) is 9.08. The summed E-state index contributed by atoms with van der Waals surface area (Å²) in [7, 11) is 1.48. The molecule has 0 aliphatic rings. The van der Waals surface area contributed by atoms with Crippen molar-refractivity contribution < 1.29 is 18.0 Å². The van der Waals surface area contributed by atoms with Gasteiger partial charge in [0.1, 0.15) is 0 Å². The number of nitrogens with zero attached hydrogens (tertiary/aromatic N) is 1. The molecule has 0 fully saturated rings. The Hall–Kier alpha value is -1.27. The van der Waals surface area contributed by atoms with Crippen LogP contribution in [0.5, 0.6) is 0 Å². The molecule has 0 saturated heterocycles. The fourth-order valence-corrected chi connectivity index (χ4v) is 1.90. The summed E-state index contributed by atoms with van der Waals surface area (Å²) in [6, 6.07) is 4.79. The Labute approximate surface area is 128 Å². The van der Waals surface area contributed by atoms with Crippen molar-refractivity contribution in [2.24, 2.45) is 11.1 Å². The third kappa shape index (κ3) is 5.21. The molecule has 120 valence electrons. The number of rotatable bonds is 4. The van der Waals surface area contributed by atoms with Gasteiger partial charge in [-0.3, -0.25) is 4.79 Å². The maximum absolute atomic E-state index is 12.9. The van der Waals surface area contributed by atoms with Gasteiger partial charge < -0.3 is 10.6 Å². The number of hydrogen-bond acceptors (Lipinski definition) is 2. The monoisotopic (exact) mass is 324 g/mol. The van der Waals surface area contributed by atoms with E-state index in [0.717, 1.165) is 6.07 Å². The summed E-state index contributed by atoms with van der Waals surface area (Å²) in [6.45, 7) is 4.33. The molecule has 7 heteroatoms. The average Bonchev–Trinajstić information content (AvgIpc) is 2.36. The summed E-state index contributed by atoms with van der Waals surface area (Å²) in [5.74, 6) is -0.653. The van der Waals surface area contributed by atoms with E-state index in [9.17, 15) is 18.0 Å². The summed E-state index contributed by atoms with van der Waals surface area (Å²) in [5, 5.41) is 0. The topological polar surface area (TPSA) is 46.3 Å². The molecule has 21 heavy (non-hydrogen) atoms. The van der Waals surface area contributed by atoms with E-state index in [2.05, 4.69) is 0 Å². The maximum atomic E-state index is 12.9. The molecule has 0 bridgehead atoms. The molecule has 1 aromatic carbocycles. The van der Waals surface area contributed by atoms with Crippen molar-refractivity contribution in [1.29, 1.82) is 0 Å². The summed E-state index contributed by atoms with van der Waals surface area (Å²) < 4.78 is 38.7. The zero-order chi connectivity index (χ0) is 15.6. The van der Waals surface area contributed by atoms with Crippen LogP contribution in [0, 0.1) is 5.41 Å². The first kappa shape index (κ1) is 19.7. The molecule has 0 spiro atoms. The third-order valence-electron chi connectivity index (χ3n) is 3.03. The maximum Gasteiger partial charge on any atom is 0.417 e. The Kier molecular flexibility index (Phi) is 6.70. The van der Waals surface area contributed by atoms with Crippen LogP contribution in [0.1, 0.15) is 29.8 Å². The lowest BCUT2D eigenvalue weighted by Crippen LogP contribution is -2.40. The summed E-state index contributed by atoms with van der Waals surface area (Å²) in [4.78, 5) is 13.5. The van der Waals surface area contributed by atoms with Gasteiger partial charge in [-0.05, 0) is 24.1 Å². The highest BCUT2D eigenvalue weighted by Crippen LogP contribution is 2.32. The van der Waals surface area contributed by atoms with Crippen LogP contribution in [0.15, 0.2) is 24.3 Å². The van der Waals surface area contributed by atoms with Crippen LogP contribution < -0.4 is 5.73 Å². The van der Waals surface area contributed by atoms with Crippen molar-refractivity contribution in [3.05, 3.63) is 35.4 Å². The smallest absolute Gasteiger partial charge is 0.341 e. The van der Waals surface area contributed by atoms with Crippen LogP contribution in [0.3, 0.4) is 0 Å². The highest BCUT2D eigenvalue weighted by atomic mass is 35.5. The number of alkyl halides is 3. The highest BCUT2D eigenvalue weighted by molar-refractivity contribution is 5.95. The molecule has 0 aliphatic carbocycles. The minimum Gasteiger partial charge on any atom is -0.341 e. The highest BCUT2D eigenvalue weighted by Gasteiger charge is 2.35. The Morgan fingerprint density at radius 3 is 2.24 bits per heavy atom. The second-order valence-electron chi connectivity index (χ2n) is 5.57. The number of halogens is 4. The number of nitrogens with two attached hydrogens (primary N) is 1. The first-order valence-corrected chi connectivity index (χ1v) is 6.20. The van der Waals surface area contributed by atoms with Crippen LogP contribution in [0.2, 0.25) is 0 Å². The Morgan fingerprint density at radius 2 is 1.76 bits per heavy atom. The molecule has 0 saturated carbocycles. The fraction of sp³-hybridized carbons (Fsp3) is 0.500. The molecule has 0 radical (unpaired) electrons. The normalized spacial score (nSPS) is 11.8. The van der Waals surface area contributed by atoms with Gasteiger partial charge in [-0.15, -0.1) is 12.4 Å². The average molecular weight is 325 g/mol. The van der Waals surface area contributed by atoms with E-state index in [1.165, 1.54) is 30.1 Å². The van der Waals surface area contributed by atoms with E-state index in [0.29, 0.717) is 6.54 Å². The summed E-state index contributed by atoms with van der Waals surface area (Å²) >= 11 is 0. The zero-order valence-electron chi connectivity index (χ0n) is 12.2. The van der Waals surface area contributed by atoms with Crippen LogP contribution >= 0.6 is 12.4 Å². The van der Waals surface area contributed by atoms with Gasteiger partial charge in [0.25, 0.3) is 5.91 Å². The third-order valence-corrected chi connectivity index (χ3v) is 3.03. The van der Waals surface area contributed by atoms with Crippen molar-refractivity contribution in [1.82, 2.24) is 4.90 Å². The molecule has 2 N–H and O–H groups in total. The van der Waals surface area contributed by atoms with Crippen LogP contribution in [0.4, 0.5) is 13.2 Å². The standard InChI is InChI=1S/C14H19F3N2O.ClH/c1-13(2,8-18)9-19(3)12(20)10-6-4-5-7-11(10)14(15,16)17;/h4-7H,8-9,18H2,1-3H3;1H. The van der Waals surface area contributed by atoms with Gasteiger partial charge in [0.15, 0.2) is 0 Å². The Balaban J connectivity index is 0.00000400. The predicted molar refractivity (Wildman–Crippen MR) is 78.5 cm³/mol. The lowest BCUT2D eigenvalue weighted by molar-refractivity contribution is -0.138. The van der Waals surface area contributed by atoms with Gasteiger partial charge in [0.2, 0.25) is 0 Å². The van der Waals surface area contributed by atoms with Crippen LogP contribution in [0.25, 0.3) is 0 Å². The number of benzene rings is 1. The molecule has 1 aromatic rings. The van der Waals surface area contributed by atoms with Gasteiger partial charge in [0.05, 0.1) is 11.1 Å². The molecular weight excluding hydrogens is 305 g/mol. The van der Waals surface area contributed by atoms with Gasteiger partial charge in [-0.2, -0.15) is 13.2 Å². The molecular formula is C14H20ClF3N2O.